The first kappa shape index (κ1) is 13.9. The largest absolute Gasteiger partial charge is 0.494 e. The molecule has 1 aromatic carbocycles. The Hall–Kier alpha value is -1.55. The minimum absolute atomic E-state index is 0.0514. The first-order valence-corrected chi connectivity index (χ1v) is 6.91. The molecule has 2 rings (SSSR count). The topological polar surface area (TPSA) is 58.6 Å². The third kappa shape index (κ3) is 3.96. The van der Waals surface area contributed by atoms with Gasteiger partial charge in [0.1, 0.15) is 5.75 Å². The maximum absolute atomic E-state index is 12.0. The van der Waals surface area contributed by atoms with Crippen molar-refractivity contribution in [1.82, 2.24) is 5.32 Å². The van der Waals surface area contributed by atoms with Gasteiger partial charge in [-0.1, -0.05) is 0 Å². The van der Waals surface area contributed by atoms with E-state index in [0.29, 0.717) is 12.2 Å². The van der Waals surface area contributed by atoms with Crippen molar-refractivity contribution in [3.63, 3.8) is 0 Å². The summed E-state index contributed by atoms with van der Waals surface area (Å²) in [7, 11) is 0. The van der Waals surface area contributed by atoms with Crippen molar-refractivity contribution in [1.29, 1.82) is 0 Å². The van der Waals surface area contributed by atoms with Gasteiger partial charge in [0.05, 0.1) is 12.7 Å². The number of hydrogen-bond acceptors (Lipinski definition) is 3. The molecule has 19 heavy (non-hydrogen) atoms. The number of benzene rings is 1. The molecule has 0 aromatic heterocycles. The van der Waals surface area contributed by atoms with Crippen LogP contribution in [0.2, 0.25) is 0 Å². The second-order valence-electron chi connectivity index (χ2n) is 4.94. The van der Waals surface area contributed by atoms with Crippen molar-refractivity contribution in [2.45, 2.75) is 44.8 Å². The summed E-state index contributed by atoms with van der Waals surface area (Å²) < 4.78 is 5.34. The number of ether oxygens (including phenoxy) is 1. The van der Waals surface area contributed by atoms with Gasteiger partial charge in [-0.05, 0) is 56.9 Å². The molecule has 0 radical (unpaired) electrons. The van der Waals surface area contributed by atoms with E-state index in [1.807, 2.05) is 19.1 Å². The van der Waals surface area contributed by atoms with E-state index in [2.05, 4.69) is 5.32 Å². The molecule has 1 aliphatic carbocycles. The number of carbonyl (C=O) groups is 1. The van der Waals surface area contributed by atoms with E-state index in [0.717, 1.165) is 31.4 Å². The summed E-state index contributed by atoms with van der Waals surface area (Å²) in [5.74, 6) is 0.726. The minimum atomic E-state index is -0.196. The summed E-state index contributed by atoms with van der Waals surface area (Å²) in [6.07, 6.45) is 3.05. The Balaban J connectivity index is 1.88. The molecule has 4 heteroatoms. The number of amides is 1. The van der Waals surface area contributed by atoms with E-state index in [9.17, 15) is 9.90 Å². The highest BCUT2D eigenvalue weighted by Gasteiger charge is 2.21. The summed E-state index contributed by atoms with van der Waals surface area (Å²) in [5.41, 5.74) is 0.648. The van der Waals surface area contributed by atoms with Crippen LogP contribution in [0, 0.1) is 0 Å². The second-order valence-corrected chi connectivity index (χ2v) is 4.94. The van der Waals surface area contributed by atoms with E-state index in [1.165, 1.54) is 0 Å². The normalized spacial score (nSPS) is 22.8. The Morgan fingerprint density at radius 1 is 1.26 bits per heavy atom. The summed E-state index contributed by atoms with van der Waals surface area (Å²) >= 11 is 0. The molecule has 2 N–H and O–H groups in total. The van der Waals surface area contributed by atoms with Crippen LogP contribution < -0.4 is 10.1 Å². The van der Waals surface area contributed by atoms with Crippen molar-refractivity contribution in [3.8, 4) is 5.75 Å². The Kier molecular flexibility index (Phi) is 4.80. The van der Waals surface area contributed by atoms with Gasteiger partial charge < -0.3 is 15.2 Å². The molecule has 0 atom stereocenters. The van der Waals surface area contributed by atoms with Crippen LogP contribution in [-0.4, -0.2) is 29.8 Å². The summed E-state index contributed by atoms with van der Waals surface area (Å²) in [6.45, 7) is 2.55. The number of carbonyl (C=O) groups excluding carboxylic acids is 1. The molecule has 0 unspecified atom stereocenters. The lowest BCUT2D eigenvalue weighted by atomic mass is 9.93. The van der Waals surface area contributed by atoms with Gasteiger partial charge >= 0.3 is 0 Å². The molecule has 104 valence electrons. The van der Waals surface area contributed by atoms with Gasteiger partial charge in [-0.25, -0.2) is 0 Å². The fourth-order valence-electron chi connectivity index (χ4n) is 2.36. The van der Waals surface area contributed by atoms with Crippen LogP contribution >= 0.6 is 0 Å². The molecular weight excluding hydrogens is 242 g/mol. The number of aliphatic hydroxyl groups excluding tert-OH is 1. The average Bonchev–Trinajstić information content (AvgIpc) is 2.42. The van der Waals surface area contributed by atoms with Crippen LogP contribution in [0.15, 0.2) is 24.3 Å². The van der Waals surface area contributed by atoms with Gasteiger partial charge in [0.2, 0.25) is 0 Å². The Morgan fingerprint density at radius 2 is 1.89 bits per heavy atom. The van der Waals surface area contributed by atoms with Gasteiger partial charge in [0.15, 0.2) is 0 Å². The highest BCUT2D eigenvalue weighted by Crippen LogP contribution is 2.19. The summed E-state index contributed by atoms with van der Waals surface area (Å²) in [4.78, 5) is 12.0. The zero-order chi connectivity index (χ0) is 13.7. The van der Waals surface area contributed by atoms with Crippen molar-refractivity contribution in [3.05, 3.63) is 29.8 Å². The Bertz CT molecular complexity index is 408. The lowest BCUT2D eigenvalue weighted by molar-refractivity contribution is 0.0867. The first-order chi connectivity index (χ1) is 9.19. The van der Waals surface area contributed by atoms with Gasteiger partial charge in [-0.2, -0.15) is 0 Å². The van der Waals surface area contributed by atoms with E-state index < -0.39 is 0 Å². The molecule has 4 nitrogen and oxygen atoms in total. The molecule has 0 bridgehead atoms. The van der Waals surface area contributed by atoms with E-state index >= 15 is 0 Å². The monoisotopic (exact) mass is 263 g/mol. The lowest BCUT2D eigenvalue weighted by Gasteiger charge is -2.26. The second kappa shape index (κ2) is 6.57. The van der Waals surface area contributed by atoms with Crippen molar-refractivity contribution in [2.24, 2.45) is 0 Å². The van der Waals surface area contributed by atoms with Gasteiger partial charge in [-0.15, -0.1) is 0 Å². The number of nitrogens with one attached hydrogen (secondary N) is 1. The molecule has 1 fully saturated rings. The minimum Gasteiger partial charge on any atom is -0.494 e. The van der Waals surface area contributed by atoms with Crippen LogP contribution in [0.5, 0.6) is 5.75 Å². The van der Waals surface area contributed by atoms with Crippen LogP contribution in [0.3, 0.4) is 0 Å². The third-order valence-corrected chi connectivity index (χ3v) is 3.46. The third-order valence-electron chi connectivity index (χ3n) is 3.46. The SMILES string of the molecule is CCOc1ccc(C(=O)NC2CCC(O)CC2)cc1. The van der Waals surface area contributed by atoms with Crippen molar-refractivity contribution >= 4 is 5.91 Å². The number of rotatable bonds is 4. The predicted octanol–water partition coefficient (Wildman–Crippen LogP) is 2.12. The maximum Gasteiger partial charge on any atom is 0.251 e. The lowest BCUT2D eigenvalue weighted by Crippen LogP contribution is -2.38. The van der Waals surface area contributed by atoms with E-state index in [4.69, 9.17) is 4.74 Å². The zero-order valence-corrected chi connectivity index (χ0v) is 11.3. The summed E-state index contributed by atoms with van der Waals surface area (Å²) in [5, 5.41) is 12.4. The van der Waals surface area contributed by atoms with Gasteiger partial charge in [-0.3, -0.25) is 4.79 Å². The van der Waals surface area contributed by atoms with Crippen molar-refractivity contribution < 1.29 is 14.6 Å². The fourth-order valence-corrected chi connectivity index (χ4v) is 2.36. The smallest absolute Gasteiger partial charge is 0.251 e. The molecule has 1 saturated carbocycles. The molecule has 1 aromatic rings. The molecule has 0 aliphatic heterocycles. The molecular formula is C15H21NO3. The van der Waals surface area contributed by atoms with Crippen LogP contribution in [0.25, 0.3) is 0 Å². The van der Waals surface area contributed by atoms with Crippen LogP contribution in [0.4, 0.5) is 0 Å². The molecule has 0 spiro atoms. The molecule has 0 saturated heterocycles. The first-order valence-electron chi connectivity index (χ1n) is 6.91. The average molecular weight is 263 g/mol. The highest BCUT2D eigenvalue weighted by molar-refractivity contribution is 5.94. The van der Waals surface area contributed by atoms with Gasteiger partial charge in [0.25, 0.3) is 5.91 Å². The van der Waals surface area contributed by atoms with Crippen LogP contribution in [0.1, 0.15) is 43.0 Å². The van der Waals surface area contributed by atoms with E-state index in [-0.39, 0.29) is 18.1 Å². The maximum atomic E-state index is 12.0. The Labute approximate surface area is 113 Å². The highest BCUT2D eigenvalue weighted by atomic mass is 16.5. The number of hydrogen-bond donors (Lipinski definition) is 2. The molecule has 0 heterocycles. The Morgan fingerprint density at radius 3 is 2.47 bits per heavy atom. The predicted molar refractivity (Wildman–Crippen MR) is 73.3 cm³/mol. The molecule has 1 aliphatic rings. The molecule has 1 amide bonds. The van der Waals surface area contributed by atoms with Crippen molar-refractivity contribution in [2.75, 3.05) is 6.61 Å². The quantitative estimate of drug-likeness (QED) is 0.874. The summed E-state index contributed by atoms with van der Waals surface area (Å²) in [6, 6.07) is 7.35. The zero-order valence-electron chi connectivity index (χ0n) is 11.3. The van der Waals surface area contributed by atoms with Gasteiger partial charge in [0, 0.05) is 11.6 Å². The standard InChI is InChI=1S/C15H21NO3/c1-2-19-14-9-3-11(4-10-14)15(18)16-12-5-7-13(17)8-6-12/h3-4,9-10,12-13,17H,2,5-8H2,1H3,(H,16,18). The number of aliphatic hydroxyl groups is 1. The van der Waals surface area contributed by atoms with Crippen LogP contribution in [-0.2, 0) is 0 Å². The van der Waals surface area contributed by atoms with E-state index in [1.54, 1.807) is 12.1 Å². The fraction of sp³-hybridized carbons (Fsp3) is 0.533.